The van der Waals surface area contributed by atoms with Crippen LogP contribution in [0, 0.1) is 0 Å². The van der Waals surface area contributed by atoms with Gasteiger partial charge in [-0.05, 0) is 42.7 Å². The van der Waals surface area contributed by atoms with Gasteiger partial charge >= 0.3 is 0 Å². The summed E-state index contributed by atoms with van der Waals surface area (Å²) in [6.45, 7) is 2.04. The lowest BCUT2D eigenvalue weighted by Crippen LogP contribution is -2.26. The number of benzene rings is 2. The van der Waals surface area contributed by atoms with Crippen molar-refractivity contribution in [1.29, 1.82) is 0 Å². The predicted molar refractivity (Wildman–Crippen MR) is 99.1 cm³/mol. The van der Waals surface area contributed by atoms with Crippen molar-refractivity contribution < 1.29 is 14.3 Å². The van der Waals surface area contributed by atoms with Crippen molar-refractivity contribution in [2.24, 2.45) is 5.10 Å². The van der Waals surface area contributed by atoms with E-state index in [2.05, 4.69) is 17.5 Å². The molecule has 0 aliphatic carbocycles. The van der Waals surface area contributed by atoms with E-state index in [1.165, 1.54) is 0 Å². The number of hydrazone groups is 1. The third-order valence-corrected chi connectivity index (χ3v) is 3.62. The molecule has 0 unspecified atom stereocenters. The van der Waals surface area contributed by atoms with Crippen molar-refractivity contribution in [3.05, 3.63) is 60.2 Å². The number of carbonyl (C=O) groups excluding carboxylic acids is 1. The summed E-state index contributed by atoms with van der Waals surface area (Å²) >= 11 is 0. The summed E-state index contributed by atoms with van der Waals surface area (Å²) in [6.07, 6.45) is 2.91. The zero-order valence-electron chi connectivity index (χ0n) is 14.7. The van der Waals surface area contributed by atoms with E-state index in [0.29, 0.717) is 5.75 Å². The van der Waals surface area contributed by atoms with Gasteiger partial charge in [-0.25, -0.2) is 5.43 Å². The van der Waals surface area contributed by atoms with Crippen LogP contribution in [0.3, 0.4) is 0 Å². The fraction of sp³-hybridized carbons (Fsp3) is 0.300. The first-order valence-corrected chi connectivity index (χ1v) is 8.40. The maximum Gasteiger partial charge on any atom is 0.277 e. The topological polar surface area (TPSA) is 59.9 Å². The van der Waals surface area contributed by atoms with Gasteiger partial charge in [0, 0.05) is 0 Å². The third-order valence-electron chi connectivity index (χ3n) is 3.62. The molecule has 0 saturated heterocycles. The molecule has 2 aromatic carbocycles. The summed E-state index contributed by atoms with van der Waals surface area (Å²) < 4.78 is 10.5. The Balaban J connectivity index is 1.91. The lowest BCUT2D eigenvalue weighted by atomic mass is 10.1. The highest BCUT2D eigenvalue weighted by atomic mass is 16.5. The van der Waals surface area contributed by atoms with E-state index in [1.807, 2.05) is 30.3 Å². The largest absolute Gasteiger partial charge is 0.497 e. The molecule has 0 aliphatic heterocycles. The molecule has 0 aromatic heterocycles. The normalized spacial score (nSPS) is 11.0. The number of hydrogen-bond acceptors (Lipinski definition) is 4. The monoisotopic (exact) mass is 340 g/mol. The number of rotatable bonds is 9. The van der Waals surface area contributed by atoms with Crippen LogP contribution in [0.2, 0.25) is 0 Å². The summed E-state index contributed by atoms with van der Waals surface area (Å²) in [5, 5.41) is 4.29. The Kier molecular flexibility index (Phi) is 7.50. The van der Waals surface area contributed by atoms with Crippen LogP contribution in [0.4, 0.5) is 0 Å². The molecule has 132 valence electrons. The number of amides is 1. The molecule has 0 aliphatic rings. The summed E-state index contributed by atoms with van der Waals surface area (Å²) in [5.41, 5.74) is 4.48. The quantitative estimate of drug-likeness (QED) is 0.558. The Morgan fingerprint density at radius 1 is 1.04 bits per heavy atom. The van der Waals surface area contributed by atoms with Crippen LogP contribution in [0.1, 0.15) is 31.7 Å². The number of nitrogens with zero attached hydrogens (tertiary/aromatic N) is 1. The van der Waals surface area contributed by atoms with E-state index >= 15 is 0 Å². The molecule has 0 atom stereocenters. The van der Waals surface area contributed by atoms with Crippen molar-refractivity contribution in [2.45, 2.75) is 26.2 Å². The van der Waals surface area contributed by atoms with Crippen molar-refractivity contribution in [3.63, 3.8) is 0 Å². The molecule has 0 saturated carbocycles. The second kappa shape index (κ2) is 10.1. The first kappa shape index (κ1) is 18.5. The Labute approximate surface area is 148 Å². The molecule has 2 aromatic rings. The van der Waals surface area contributed by atoms with E-state index in [1.54, 1.807) is 31.4 Å². The minimum Gasteiger partial charge on any atom is -0.497 e. The van der Waals surface area contributed by atoms with Crippen LogP contribution < -0.4 is 14.9 Å². The standard InChI is InChI=1S/C20H24N2O3/c1-3-4-10-19(16-8-6-5-7-9-16)21-22-20(23)15-25-18-13-11-17(24-2)12-14-18/h5-9,11-14H,3-4,10,15H2,1-2H3,(H,22,23)/b21-19+. The number of nitrogens with one attached hydrogen (secondary N) is 1. The van der Waals surface area contributed by atoms with Gasteiger partial charge in [-0.1, -0.05) is 43.7 Å². The highest BCUT2D eigenvalue weighted by Gasteiger charge is 2.06. The molecule has 0 heterocycles. The van der Waals surface area contributed by atoms with Crippen LogP contribution in [0.15, 0.2) is 59.7 Å². The maximum absolute atomic E-state index is 12.0. The maximum atomic E-state index is 12.0. The van der Waals surface area contributed by atoms with Gasteiger partial charge in [0.05, 0.1) is 12.8 Å². The number of ether oxygens (including phenoxy) is 2. The fourth-order valence-corrected chi connectivity index (χ4v) is 2.22. The van der Waals surface area contributed by atoms with E-state index < -0.39 is 0 Å². The van der Waals surface area contributed by atoms with Crippen molar-refractivity contribution in [3.8, 4) is 11.5 Å². The van der Waals surface area contributed by atoms with E-state index in [9.17, 15) is 4.79 Å². The lowest BCUT2D eigenvalue weighted by molar-refractivity contribution is -0.123. The SMILES string of the molecule is CCCC/C(=N\NC(=O)COc1ccc(OC)cc1)c1ccccc1. The van der Waals surface area contributed by atoms with Crippen LogP contribution in [-0.2, 0) is 4.79 Å². The van der Waals surface area contributed by atoms with E-state index in [0.717, 1.165) is 36.3 Å². The first-order chi connectivity index (χ1) is 12.2. The minimum absolute atomic E-state index is 0.0916. The molecule has 0 spiro atoms. The molecule has 25 heavy (non-hydrogen) atoms. The third kappa shape index (κ3) is 6.30. The van der Waals surface area contributed by atoms with Gasteiger partial charge < -0.3 is 9.47 Å². The van der Waals surface area contributed by atoms with Gasteiger partial charge in [-0.3, -0.25) is 4.79 Å². The molecule has 2 rings (SSSR count). The van der Waals surface area contributed by atoms with Gasteiger partial charge in [-0.15, -0.1) is 0 Å². The smallest absolute Gasteiger partial charge is 0.277 e. The Morgan fingerprint density at radius 3 is 2.36 bits per heavy atom. The summed E-state index contributed by atoms with van der Waals surface area (Å²) in [5.74, 6) is 1.06. The van der Waals surface area contributed by atoms with Gasteiger partial charge in [0.1, 0.15) is 11.5 Å². The summed E-state index contributed by atoms with van der Waals surface area (Å²) in [7, 11) is 1.60. The van der Waals surface area contributed by atoms with Crippen LogP contribution in [0.5, 0.6) is 11.5 Å². The highest BCUT2D eigenvalue weighted by molar-refractivity contribution is 6.01. The second-order valence-electron chi connectivity index (χ2n) is 5.53. The van der Waals surface area contributed by atoms with Crippen molar-refractivity contribution in [2.75, 3.05) is 13.7 Å². The summed E-state index contributed by atoms with van der Waals surface area (Å²) in [6, 6.07) is 17.0. The van der Waals surface area contributed by atoms with Crippen molar-refractivity contribution in [1.82, 2.24) is 5.43 Å². The molecule has 1 amide bonds. The minimum atomic E-state index is -0.291. The molecule has 5 heteroatoms. The van der Waals surface area contributed by atoms with Crippen LogP contribution in [-0.4, -0.2) is 25.3 Å². The number of hydrogen-bond donors (Lipinski definition) is 1. The number of unbranched alkanes of at least 4 members (excludes halogenated alkanes) is 1. The highest BCUT2D eigenvalue weighted by Crippen LogP contribution is 2.16. The molecule has 1 N–H and O–H groups in total. The number of carbonyl (C=O) groups is 1. The lowest BCUT2D eigenvalue weighted by Gasteiger charge is -2.08. The number of methoxy groups -OCH3 is 1. The Morgan fingerprint density at radius 2 is 1.72 bits per heavy atom. The van der Waals surface area contributed by atoms with Gasteiger partial charge in [0.25, 0.3) is 5.91 Å². The molecular weight excluding hydrogens is 316 g/mol. The molecule has 0 fully saturated rings. The summed E-state index contributed by atoms with van der Waals surface area (Å²) in [4.78, 5) is 12.0. The Hall–Kier alpha value is -2.82. The van der Waals surface area contributed by atoms with Gasteiger partial charge in [0.15, 0.2) is 6.61 Å². The Bertz CT molecular complexity index is 682. The predicted octanol–water partition coefficient (Wildman–Crippen LogP) is 3.78. The zero-order chi connectivity index (χ0) is 17.9. The van der Waals surface area contributed by atoms with Crippen molar-refractivity contribution >= 4 is 11.6 Å². The van der Waals surface area contributed by atoms with Gasteiger partial charge in [0.2, 0.25) is 0 Å². The first-order valence-electron chi connectivity index (χ1n) is 8.40. The second-order valence-corrected chi connectivity index (χ2v) is 5.53. The zero-order valence-corrected chi connectivity index (χ0v) is 14.7. The van der Waals surface area contributed by atoms with Gasteiger partial charge in [-0.2, -0.15) is 5.10 Å². The average molecular weight is 340 g/mol. The van der Waals surface area contributed by atoms with E-state index in [4.69, 9.17) is 9.47 Å². The molecule has 5 nitrogen and oxygen atoms in total. The molecule has 0 radical (unpaired) electrons. The van der Waals surface area contributed by atoms with Crippen LogP contribution >= 0.6 is 0 Å². The average Bonchev–Trinajstić information content (AvgIpc) is 2.67. The molecule has 0 bridgehead atoms. The van der Waals surface area contributed by atoms with Crippen LogP contribution in [0.25, 0.3) is 0 Å². The fourth-order valence-electron chi connectivity index (χ4n) is 2.22. The van der Waals surface area contributed by atoms with E-state index in [-0.39, 0.29) is 12.5 Å². The molecular formula is C20H24N2O3.